The lowest BCUT2D eigenvalue weighted by Crippen LogP contribution is -2.52. The summed E-state index contributed by atoms with van der Waals surface area (Å²) in [6.45, 7) is 1.84. The zero-order chi connectivity index (χ0) is 14.9. The third kappa shape index (κ3) is 3.49. The average Bonchev–Trinajstić information content (AvgIpc) is 2.27. The highest BCUT2D eigenvalue weighted by molar-refractivity contribution is 9.10. The first-order valence-corrected chi connectivity index (χ1v) is 6.48. The number of rotatable bonds is 4. The van der Waals surface area contributed by atoms with E-state index in [0.29, 0.717) is 10.0 Å². The second-order valence-corrected chi connectivity index (χ2v) is 6.08. The zero-order valence-corrected chi connectivity index (χ0v) is 12.2. The molecule has 6 heteroatoms. The third-order valence-corrected chi connectivity index (χ3v) is 3.82. The highest BCUT2D eigenvalue weighted by atomic mass is 79.9. The summed E-state index contributed by atoms with van der Waals surface area (Å²) in [4.78, 5) is 0. The molecule has 0 saturated carbocycles. The Labute approximate surface area is 118 Å². The topological polar surface area (TPSA) is 40.5 Å². The van der Waals surface area contributed by atoms with Gasteiger partial charge in [0.05, 0.1) is 6.61 Å². The van der Waals surface area contributed by atoms with Crippen LogP contribution in [0.25, 0.3) is 0 Å². The Hall–Kier alpha value is -0.590. The molecule has 0 amide bonds. The van der Waals surface area contributed by atoms with E-state index in [1.54, 1.807) is 38.1 Å². The molecule has 0 heterocycles. The van der Waals surface area contributed by atoms with Gasteiger partial charge in [-0.2, -0.15) is 13.2 Å². The fraction of sp³-hybridized carbons (Fsp3) is 0.538. The molecule has 1 aromatic rings. The molecule has 0 fully saturated rings. The van der Waals surface area contributed by atoms with Crippen LogP contribution in [-0.4, -0.2) is 28.6 Å². The Bertz CT molecular complexity index is 446. The molecule has 0 bridgehead atoms. The molecule has 0 saturated heterocycles. The number of alkyl halides is 3. The van der Waals surface area contributed by atoms with E-state index >= 15 is 0 Å². The summed E-state index contributed by atoms with van der Waals surface area (Å²) in [6.07, 6.45) is -5.50. The van der Waals surface area contributed by atoms with Crippen LogP contribution in [-0.2, 0) is 5.41 Å². The Balaban J connectivity index is 3.12. The maximum Gasteiger partial charge on any atom is 0.419 e. The van der Waals surface area contributed by atoms with Crippen molar-refractivity contribution >= 4 is 15.9 Å². The normalized spacial score (nSPS) is 16.2. The smallest absolute Gasteiger partial charge is 0.393 e. The van der Waals surface area contributed by atoms with Crippen LogP contribution < -0.4 is 0 Å². The van der Waals surface area contributed by atoms with Crippen LogP contribution in [0.15, 0.2) is 28.7 Å². The SMILES string of the molecule is CC(C)(CC(O)(CO)C(F)(F)F)c1ccccc1Br. The van der Waals surface area contributed by atoms with E-state index in [2.05, 4.69) is 15.9 Å². The van der Waals surface area contributed by atoms with Crippen molar-refractivity contribution < 1.29 is 23.4 Å². The van der Waals surface area contributed by atoms with E-state index < -0.39 is 30.2 Å². The minimum absolute atomic E-state index is 0.622. The largest absolute Gasteiger partial charge is 0.419 e. The van der Waals surface area contributed by atoms with Gasteiger partial charge in [0.25, 0.3) is 0 Å². The molecule has 0 aliphatic carbocycles. The summed E-state index contributed by atoms with van der Waals surface area (Å²) in [6, 6.07) is 6.89. The third-order valence-electron chi connectivity index (χ3n) is 3.13. The fourth-order valence-electron chi connectivity index (χ4n) is 2.08. The molecule has 108 valence electrons. The molecule has 1 atom stereocenters. The number of halogens is 4. The summed E-state index contributed by atoms with van der Waals surface area (Å²) < 4.78 is 39.2. The van der Waals surface area contributed by atoms with E-state index in [1.807, 2.05) is 0 Å². The molecule has 2 nitrogen and oxygen atoms in total. The van der Waals surface area contributed by atoms with Crippen LogP contribution in [0.2, 0.25) is 0 Å². The summed E-state index contributed by atoms with van der Waals surface area (Å²) >= 11 is 3.29. The molecule has 2 N–H and O–H groups in total. The van der Waals surface area contributed by atoms with Crippen LogP contribution in [0.3, 0.4) is 0 Å². The van der Waals surface area contributed by atoms with Gasteiger partial charge in [-0.05, 0) is 23.5 Å². The number of aliphatic hydroxyl groups is 2. The minimum atomic E-state index is -4.87. The Morgan fingerprint density at radius 2 is 1.68 bits per heavy atom. The number of aliphatic hydroxyl groups excluding tert-OH is 1. The number of hydrogen-bond acceptors (Lipinski definition) is 2. The Morgan fingerprint density at radius 1 is 1.16 bits per heavy atom. The van der Waals surface area contributed by atoms with Crippen molar-refractivity contribution in [2.75, 3.05) is 6.61 Å². The lowest BCUT2D eigenvalue weighted by Gasteiger charge is -2.37. The van der Waals surface area contributed by atoms with Gasteiger partial charge in [-0.25, -0.2) is 0 Å². The fourth-order valence-corrected chi connectivity index (χ4v) is 2.90. The lowest BCUT2D eigenvalue weighted by atomic mass is 9.75. The van der Waals surface area contributed by atoms with Gasteiger partial charge in [0, 0.05) is 4.47 Å². The molecule has 1 aromatic carbocycles. The molecule has 19 heavy (non-hydrogen) atoms. The summed E-state index contributed by atoms with van der Waals surface area (Å²) in [5.41, 5.74) is -3.41. The van der Waals surface area contributed by atoms with Crippen molar-refractivity contribution in [1.82, 2.24) is 0 Å². The molecular formula is C13H16BrF3O2. The van der Waals surface area contributed by atoms with Gasteiger partial charge >= 0.3 is 6.18 Å². The maximum absolute atomic E-state index is 12.8. The van der Waals surface area contributed by atoms with Gasteiger partial charge in [-0.1, -0.05) is 48.0 Å². The van der Waals surface area contributed by atoms with Crippen LogP contribution in [0.5, 0.6) is 0 Å². The maximum atomic E-state index is 12.8. The van der Waals surface area contributed by atoms with Crippen LogP contribution in [0.1, 0.15) is 25.8 Å². The van der Waals surface area contributed by atoms with Crippen LogP contribution in [0.4, 0.5) is 13.2 Å². The van der Waals surface area contributed by atoms with Crippen LogP contribution >= 0.6 is 15.9 Å². The highest BCUT2D eigenvalue weighted by Gasteiger charge is 2.55. The zero-order valence-electron chi connectivity index (χ0n) is 10.6. The highest BCUT2D eigenvalue weighted by Crippen LogP contribution is 2.42. The van der Waals surface area contributed by atoms with E-state index in [9.17, 15) is 18.3 Å². The summed E-state index contributed by atoms with van der Waals surface area (Å²) in [5.74, 6) is 0. The van der Waals surface area contributed by atoms with E-state index in [-0.39, 0.29) is 0 Å². The van der Waals surface area contributed by atoms with Gasteiger partial charge in [0.2, 0.25) is 0 Å². The van der Waals surface area contributed by atoms with Crippen molar-refractivity contribution in [3.63, 3.8) is 0 Å². The molecule has 0 aliphatic rings. The first kappa shape index (κ1) is 16.5. The van der Waals surface area contributed by atoms with Gasteiger partial charge in [-0.3, -0.25) is 0 Å². The monoisotopic (exact) mass is 340 g/mol. The Kier molecular flexibility index (Phi) is 4.70. The van der Waals surface area contributed by atoms with Gasteiger partial charge < -0.3 is 10.2 Å². The standard InChI is InChI=1S/C13H16BrF3O2/c1-11(2,9-5-3-4-6-10(9)14)7-12(19,8-18)13(15,16)17/h3-6,18-19H,7-8H2,1-2H3. The molecule has 1 unspecified atom stereocenters. The van der Waals surface area contributed by atoms with Crippen molar-refractivity contribution in [3.05, 3.63) is 34.3 Å². The first-order valence-electron chi connectivity index (χ1n) is 5.68. The summed E-state index contributed by atoms with van der Waals surface area (Å²) in [7, 11) is 0. The van der Waals surface area contributed by atoms with Crippen molar-refractivity contribution in [2.24, 2.45) is 0 Å². The average molecular weight is 341 g/mol. The minimum Gasteiger partial charge on any atom is -0.393 e. The van der Waals surface area contributed by atoms with Crippen LogP contribution in [0, 0.1) is 0 Å². The molecule has 0 radical (unpaired) electrons. The predicted octanol–water partition coefficient (Wildman–Crippen LogP) is 3.40. The lowest BCUT2D eigenvalue weighted by molar-refractivity contribution is -0.277. The quantitative estimate of drug-likeness (QED) is 0.881. The number of hydrogen-bond donors (Lipinski definition) is 2. The second kappa shape index (κ2) is 5.42. The molecule has 0 spiro atoms. The molecule has 1 rings (SSSR count). The number of benzene rings is 1. The Morgan fingerprint density at radius 3 is 2.11 bits per heavy atom. The van der Waals surface area contributed by atoms with Crippen molar-refractivity contribution in [3.8, 4) is 0 Å². The van der Waals surface area contributed by atoms with Gasteiger partial charge in [0.15, 0.2) is 5.60 Å². The molecular weight excluding hydrogens is 325 g/mol. The summed E-state index contributed by atoms with van der Waals surface area (Å²) in [5, 5.41) is 18.6. The van der Waals surface area contributed by atoms with Crippen molar-refractivity contribution in [2.45, 2.75) is 37.5 Å². The van der Waals surface area contributed by atoms with E-state index in [4.69, 9.17) is 5.11 Å². The first-order chi connectivity index (χ1) is 8.53. The van der Waals surface area contributed by atoms with Crippen molar-refractivity contribution in [1.29, 1.82) is 0 Å². The van der Waals surface area contributed by atoms with Gasteiger partial charge in [0.1, 0.15) is 0 Å². The van der Waals surface area contributed by atoms with Gasteiger partial charge in [-0.15, -0.1) is 0 Å². The molecule has 0 aliphatic heterocycles. The van der Waals surface area contributed by atoms with E-state index in [1.165, 1.54) is 0 Å². The molecule has 0 aromatic heterocycles. The second-order valence-electron chi connectivity index (χ2n) is 5.23. The predicted molar refractivity (Wildman–Crippen MR) is 69.9 cm³/mol. The van der Waals surface area contributed by atoms with E-state index in [0.717, 1.165) is 0 Å².